The highest BCUT2D eigenvalue weighted by atomic mass is 16.5. The number of carbonyl (C=O) groups excluding carboxylic acids is 2. The van der Waals surface area contributed by atoms with Crippen LogP contribution in [0, 0.1) is 13.8 Å². The van der Waals surface area contributed by atoms with Gasteiger partial charge in [-0.3, -0.25) is 14.4 Å². The van der Waals surface area contributed by atoms with Crippen LogP contribution >= 0.6 is 0 Å². The smallest absolute Gasteiger partial charge is 0.305 e. The number of rotatable bonds is 10. The van der Waals surface area contributed by atoms with Gasteiger partial charge in [-0.2, -0.15) is 4.98 Å². The third-order valence-electron chi connectivity index (χ3n) is 6.35. The summed E-state index contributed by atoms with van der Waals surface area (Å²) in [6, 6.07) is 20.8. The average Bonchev–Trinajstić information content (AvgIpc) is 3.55. The molecule has 0 spiro atoms. The van der Waals surface area contributed by atoms with Crippen molar-refractivity contribution in [2.24, 2.45) is 0 Å². The van der Waals surface area contributed by atoms with Crippen molar-refractivity contribution in [3.05, 3.63) is 101 Å². The molecule has 0 aliphatic carbocycles. The molecule has 0 unspecified atom stereocenters. The molecule has 5 rings (SSSR count). The number of aryl methyl sites for hydroxylation is 2. The van der Waals surface area contributed by atoms with Gasteiger partial charge >= 0.3 is 5.97 Å². The van der Waals surface area contributed by atoms with Crippen molar-refractivity contribution in [2.45, 2.75) is 32.7 Å². The summed E-state index contributed by atoms with van der Waals surface area (Å²) in [5, 5.41) is 21.7. The molecule has 0 fully saturated rings. The number of benzene rings is 3. The van der Waals surface area contributed by atoms with Crippen LogP contribution < -0.4 is 16.0 Å². The maximum atomic E-state index is 12.8. The van der Waals surface area contributed by atoms with Crippen LogP contribution in [-0.4, -0.2) is 33.0 Å². The summed E-state index contributed by atoms with van der Waals surface area (Å²) >= 11 is 0. The molecule has 208 valence electrons. The predicted molar refractivity (Wildman–Crippen MR) is 151 cm³/mol. The summed E-state index contributed by atoms with van der Waals surface area (Å²) in [6.45, 7) is 3.64. The number of carbonyl (C=O) groups is 3. The Morgan fingerprint density at radius 2 is 1.76 bits per heavy atom. The van der Waals surface area contributed by atoms with Crippen molar-refractivity contribution in [2.75, 3.05) is 10.6 Å². The highest BCUT2D eigenvalue weighted by Gasteiger charge is 2.21. The van der Waals surface area contributed by atoms with Crippen LogP contribution in [0.25, 0.3) is 11.1 Å². The van der Waals surface area contributed by atoms with Gasteiger partial charge in [0.15, 0.2) is 11.3 Å². The molecule has 0 saturated carbocycles. The van der Waals surface area contributed by atoms with Gasteiger partial charge in [0.25, 0.3) is 11.9 Å². The Morgan fingerprint density at radius 1 is 0.976 bits per heavy atom. The first-order valence-corrected chi connectivity index (χ1v) is 12.8. The van der Waals surface area contributed by atoms with Gasteiger partial charge in [0.1, 0.15) is 11.3 Å². The first-order valence-electron chi connectivity index (χ1n) is 12.8. The highest BCUT2D eigenvalue weighted by Crippen LogP contribution is 2.25. The molecule has 1 atom stereocenters. The minimum atomic E-state index is -1.08. The third-order valence-corrected chi connectivity index (χ3v) is 6.35. The molecule has 11 heteroatoms. The van der Waals surface area contributed by atoms with Gasteiger partial charge in [-0.15, -0.1) is 0 Å². The molecule has 0 aliphatic heterocycles. The van der Waals surface area contributed by atoms with Gasteiger partial charge in [-0.1, -0.05) is 41.6 Å². The second kappa shape index (κ2) is 11.7. The topological polar surface area (TPSA) is 160 Å². The monoisotopic (exact) mass is 553 g/mol. The standard InChI is InChI=1S/C30H27N5O6/c1-17-5-3-4-6-22(17)33-30-34-23-12-7-19(14-26(23)40-30)15-27(36)31-21-10-8-20(9-11-21)24(16-28(37)38)32-29(39)25-13-18(2)41-35-25/h3-14,24H,15-16H2,1-2H3,(H,31,36)(H,32,39)(H,33,34)(H,37,38)/t24-/m1/s1. The van der Waals surface area contributed by atoms with E-state index in [2.05, 4.69) is 26.1 Å². The third kappa shape index (κ3) is 6.77. The van der Waals surface area contributed by atoms with E-state index in [1.54, 1.807) is 43.3 Å². The summed E-state index contributed by atoms with van der Waals surface area (Å²) in [4.78, 5) is 41.1. The lowest BCUT2D eigenvalue weighted by Crippen LogP contribution is -2.30. The van der Waals surface area contributed by atoms with Crippen molar-refractivity contribution in [1.82, 2.24) is 15.5 Å². The fraction of sp³-hybridized carbons (Fsp3) is 0.167. The van der Waals surface area contributed by atoms with Gasteiger partial charge < -0.3 is 30.0 Å². The molecule has 3 aromatic carbocycles. The van der Waals surface area contributed by atoms with E-state index in [1.165, 1.54) is 6.07 Å². The summed E-state index contributed by atoms with van der Waals surface area (Å²) in [5.74, 6) is -1.41. The molecule has 0 radical (unpaired) electrons. The van der Waals surface area contributed by atoms with E-state index in [9.17, 15) is 19.5 Å². The maximum Gasteiger partial charge on any atom is 0.305 e. The van der Waals surface area contributed by atoms with E-state index >= 15 is 0 Å². The molecular formula is C30H27N5O6. The summed E-state index contributed by atoms with van der Waals surface area (Å²) < 4.78 is 10.8. The zero-order valence-electron chi connectivity index (χ0n) is 22.3. The molecule has 4 N–H and O–H groups in total. The maximum absolute atomic E-state index is 12.8. The summed E-state index contributed by atoms with van der Waals surface area (Å²) in [6.07, 6.45) is -0.228. The largest absolute Gasteiger partial charge is 0.481 e. The first-order chi connectivity index (χ1) is 19.7. The van der Waals surface area contributed by atoms with E-state index in [0.29, 0.717) is 34.1 Å². The minimum absolute atomic E-state index is 0.0593. The zero-order chi connectivity index (χ0) is 28.9. The molecule has 2 heterocycles. The highest BCUT2D eigenvalue weighted by molar-refractivity contribution is 5.93. The fourth-order valence-electron chi connectivity index (χ4n) is 4.28. The molecule has 5 aromatic rings. The second-order valence-electron chi connectivity index (χ2n) is 9.55. The fourth-order valence-corrected chi connectivity index (χ4v) is 4.28. The molecule has 2 amide bonds. The van der Waals surface area contributed by atoms with Crippen molar-refractivity contribution in [3.63, 3.8) is 0 Å². The Morgan fingerprint density at radius 3 is 2.46 bits per heavy atom. The van der Waals surface area contributed by atoms with Gasteiger partial charge in [-0.25, -0.2) is 0 Å². The summed E-state index contributed by atoms with van der Waals surface area (Å²) in [5.41, 5.74) is 5.07. The SMILES string of the molecule is Cc1cc(C(=O)N[C@H](CC(=O)O)c2ccc(NC(=O)Cc3ccc4nc(Nc5ccccc5C)oc4c3)cc2)no1. The molecule has 0 bridgehead atoms. The number of hydrogen-bond donors (Lipinski definition) is 4. The van der Waals surface area contributed by atoms with Gasteiger partial charge in [0, 0.05) is 17.4 Å². The number of para-hydroxylation sites is 1. The van der Waals surface area contributed by atoms with Crippen LogP contribution in [0.1, 0.15) is 45.4 Å². The van der Waals surface area contributed by atoms with E-state index < -0.39 is 17.9 Å². The number of oxazole rings is 1. The average molecular weight is 554 g/mol. The quantitative estimate of drug-likeness (QED) is 0.180. The normalized spacial score (nSPS) is 11.7. The molecule has 0 aliphatic rings. The molecule has 41 heavy (non-hydrogen) atoms. The van der Waals surface area contributed by atoms with E-state index in [4.69, 9.17) is 8.94 Å². The number of carboxylic acids is 1. The number of amides is 2. The molecule has 0 saturated heterocycles. The predicted octanol–water partition coefficient (Wildman–Crippen LogP) is 5.30. The van der Waals surface area contributed by atoms with Crippen LogP contribution in [0.5, 0.6) is 0 Å². The Hall–Kier alpha value is -5.45. The van der Waals surface area contributed by atoms with E-state index in [-0.39, 0.29) is 24.4 Å². The Bertz CT molecular complexity index is 1720. The number of anilines is 3. The van der Waals surface area contributed by atoms with Crippen LogP contribution in [-0.2, 0) is 16.0 Å². The second-order valence-corrected chi connectivity index (χ2v) is 9.55. The van der Waals surface area contributed by atoms with Crippen molar-refractivity contribution in [1.29, 1.82) is 0 Å². The van der Waals surface area contributed by atoms with Crippen molar-refractivity contribution < 1.29 is 28.4 Å². The number of nitrogens with zero attached hydrogens (tertiary/aromatic N) is 2. The van der Waals surface area contributed by atoms with E-state index in [0.717, 1.165) is 16.8 Å². The van der Waals surface area contributed by atoms with Crippen LogP contribution in [0.3, 0.4) is 0 Å². The van der Waals surface area contributed by atoms with Crippen molar-refractivity contribution in [3.8, 4) is 0 Å². The number of nitrogens with one attached hydrogen (secondary N) is 3. The van der Waals surface area contributed by atoms with E-state index in [1.807, 2.05) is 37.3 Å². The first kappa shape index (κ1) is 27.1. The Kier molecular flexibility index (Phi) is 7.77. The van der Waals surface area contributed by atoms with Gasteiger partial charge in [0.05, 0.1) is 18.9 Å². The number of aromatic nitrogens is 2. The lowest BCUT2D eigenvalue weighted by molar-refractivity contribution is -0.137. The van der Waals surface area contributed by atoms with Crippen molar-refractivity contribution >= 4 is 46.3 Å². The summed E-state index contributed by atoms with van der Waals surface area (Å²) in [7, 11) is 0. The van der Waals surface area contributed by atoms with Gasteiger partial charge in [0.2, 0.25) is 5.91 Å². The molecule has 11 nitrogen and oxygen atoms in total. The lowest BCUT2D eigenvalue weighted by Gasteiger charge is -2.17. The zero-order valence-corrected chi connectivity index (χ0v) is 22.3. The lowest BCUT2D eigenvalue weighted by atomic mass is 10.0. The Balaban J connectivity index is 1.22. The van der Waals surface area contributed by atoms with Crippen LogP contribution in [0.15, 0.2) is 81.7 Å². The number of aliphatic carboxylic acids is 1. The number of carboxylic acid groups (broad SMARTS) is 1. The number of fused-ring (bicyclic) bond motifs is 1. The molecular weight excluding hydrogens is 526 g/mol. The minimum Gasteiger partial charge on any atom is -0.481 e. The Labute approximate surface area is 234 Å². The van der Waals surface area contributed by atoms with Crippen LogP contribution in [0.4, 0.5) is 17.4 Å². The molecule has 2 aromatic heterocycles. The van der Waals surface area contributed by atoms with Crippen LogP contribution in [0.2, 0.25) is 0 Å². The number of hydrogen-bond acceptors (Lipinski definition) is 8. The van der Waals surface area contributed by atoms with Gasteiger partial charge in [-0.05, 0) is 60.9 Å².